The lowest BCUT2D eigenvalue weighted by Crippen LogP contribution is -1.76. The predicted octanol–water partition coefficient (Wildman–Crippen LogP) is 1.68. The molecule has 54 valence electrons. The van der Waals surface area contributed by atoms with Gasteiger partial charge in [0.05, 0.1) is 0 Å². The van der Waals surface area contributed by atoms with Crippen LogP contribution >= 0.6 is 0 Å². The summed E-state index contributed by atoms with van der Waals surface area (Å²) in [6, 6.07) is 0. The van der Waals surface area contributed by atoms with Crippen molar-refractivity contribution >= 4 is 0 Å². The van der Waals surface area contributed by atoms with E-state index in [1.165, 1.54) is 0 Å². The Morgan fingerprint density at radius 1 is 0.900 bits per heavy atom. The van der Waals surface area contributed by atoms with Crippen LogP contribution in [-0.4, -0.2) is 0 Å². The van der Waals surface area contributed by atoms with E-state index in [4.69, 9.17) is 0 Å². The number of hydrogen-bond donors (Lipinski definition) is 0. The van der Waals surface area contributed by atoms with Crippen LogP contribution in [0.2, 0.25) is 0 Å². The fraction of sp³-hybridized carbons (Fsp3) is 0.500. The largest absolute Gasteiger partial charge is 0.224 e. The van der Waals surface area contributed by atoms with Crippen LogP contribution in [0.4, 0.5) is 0 Å². The number of rotatable bonds is 1. The summed E-state index contributed by atoms with van der Waals surface area (Å²) in [6.45, 7) is 3.85. The van der Waals surface area contributed by atoms with Gasteiger partial charge in [-0.1, -0.05) is 25.7 Å². The molecule has 0 aromatic rings. The molecule has 10 heavy (non-hydrogen) atoms. The maximum atomic E-state index is 4.34. The molecule has 0 unspecified atom stereocenters. The molecule has 0 N–H and O–H groups in total. The highest BCUT2D eigenvalue weighted by atomic mass is 17.2. The van der Waals surface area contributed by atoms with Crippen molar-refractivity contribution in [2.24, 2.45) is 0 Å². The molecule has 0 atom stereocenters. The van der Waals surface area contributed by atoms with Crippen molar-refractivity contribution in [3.63, 3.8) is 0 Å². The molecule has 2 nitrogen and oxygen atoms in total. The van der Waals surface area contributed by atoms with Gasteiger partial charge >= 0.3 is 0 Å². The molecule has 0 aliphatic carbocycles. The second kappa shape index (κ2) is 7.72. The predicted molar refractivity (Wildman–Crippen MR) is 38.3 cm³/mol. The topological polar surface area (TPSA) is 18.5 Å². The van der Waals surface area contributed by atoms with Gasteiger partial charge in [0.15, 0.2) is 12.2 Å². The third-order valence-corrected chi connectivity index (χ3v) is 0.623. The summed E-state index contributed by atoms with van der Waals surface area (Å²) in [4.78, 5) is 8.68. The molecule has 0 bridgehead atoms. The number of hydrogen-bond acceptors (Lipinski definition) is 2. The highest BCUT2D eigenvalue weighted by Crippen LogP contribution is 1.74. The van der Waals surface area contributed by atoms with E-state index in [2.05, 4.69) is 33.8 Å². The third-order valence-electron chi connectivity index (χ3n) is 0.623. The van der Waals surface area contributed by atoms with Gasteiger partial charge in [-0.25, -0.2) is 9.78 Å². The van der Waals surface area contributed by atoms with Crippen molar-refractivity contribution in [1.29, 1.82) is 0 Å². The Bertz CT molecular complexity index is 153. The van der Waals surface area contributed by atoms with Crippen molar-refractivity contribution in [1.82, 2.24) is 0 Å². The first-order valence-corrected chi connectivity index (χ1v) is 3.20. The Labute approximate surface area is 61.4 Å². The van der Waals surface area contributed by atoms with E-state index in [0.29, 0.717) is 0 Å². The maximum absolute atomic E-state index is 4.34. The molecule has 2 heteroatoms. The van der Waals surface area contributed by atoms with Gasteiger partial charge in [-0.05, 0) is 0 Å². The smallest absolute Gasteiger partial charge is 0.172 e. The van der Waals surface area contributed by atoms with Crippen molar-refractivity contribution in [3.05, 3.63) is 0 Å². The Morgan fingerprint density at radius 3 is 1.60 bits per heavy atom. The Kier molecular flexibility index (Phi) is 6.73. The Hall–Kier alpha value is -1.28. The molecule has 0 aliphatic rings. The van der Waals surface area contributed by atoms with Crippen molar-refractivity contribution in [3.8, 4) is 24.1 Å². The summed E-state index contributed by atoms with van der Waals surface area (Å²) >= 11 is 0. The molecule has 0 rings (SSSR count). The first kappa shape index (κ1) is 8.72. The van der Waals surface area contributed by atoms with Gasteiger partial charge in [0.2, 0.25) is 0 Å². The van der Waals surface area contributed by atoms with Crippen LogP contribution in [0.5, 0.6) is 0 Å². The van der Waals surface area contributed by atoms with Gasteiger partial charge in [-0.3, -0.25) is 0 Å². The van der Waals surface area contributed by atoms with Gasteiger partial charge in [-0.2, -0.15) is 0 Å². The molecular weight excluding hydrogens is 128 g/mol. The summed E-state index contributed by atoms with van der Waals surface area (Å²) in [5.74, 6) is 5.32. The van der Waals surface area contributed by atoms with Crippen molar-refractivity contribution in [2.45, 2.75) is 26.7 Å². The summed E-state index contributed by atoms with van der Waals surface area (Å²) in [5, 5.41) is 0. The van der Waals surface area contributed by atoms with E-state index in [-0.39, 0.29) is 0 Å². The van der Waals surface area contributed by atoms with Gasteiger partial charge < -0.3 is 0 Å². The molecule has 0 saturated carbocycles. The standard InChI is InChI=1S/C8H10O2/c1-3-5-7-9-10-8-6-4-2/h3-4H2,1-2H3. The minimum atomic E-state index is 0.755. The highest BCUT2D eigenvalue weighted by Gasteiger charge is 1.69. The van der Waals surface area contributed by atoms with Gasteiger partial charge in [0.25, 0.3) is 0 Å². The fourth-order valence-corrected chi connectivity index (χ4v) is 0.245. The van der Waals surface area contributed by atoms with Gasteiger partial charge in [-0.15, -0.1) is 0 Å². The van der Waals surface area contributed by atoms with Crippen molar-refractivity contribution in [2.75, 3.05) is 0 Å². The molecule has 0 aromatic carbocycles. The highest BCUT2D eigenvalue weighted by molar-refractivity contribution is 4.91. The average Bonchev–Trinajstić information content (AvgIpc) is 1.97. The van der Waals surface area contributed by atoms with E-state index < -0.39 is 0 Å². The molecule has 0 amide bonds. The molecule has 0 radical (unpaired) electrons. The summed E-state index contributed by atoms with van der Waals surface area (Å²) in [6.07, 6.45) is 6.15. The third kappa shape index (κ3) is 6.72. The quantitative estimate of drug-likeness (QED) is 0.237. The second-order valence-electron chi connectivity index (χ2n) is 1.43. The molecule has 0 spiro atoms. The SMILES string of the molecule is CCC#COOC#CCC. The van der Waals surface area contributed by atoms with Crippen LogP contribution in [0.15, 0.2) is 0 Å². The molecular formula is C8H10O2. The fourth-order valence-electron chi connectivity index (χ4n) is 0.245. The molecule has 0 fully saturated rings. The minimum Gasteiger partial charge on any atom is -0.224 e. The van der Waals surface area contributed by atoms with E-state index in [9.17, 15) is 0 Å². The average molecular weight is 138 g/mol. The first-order chi connectivity index (χ1) is 4.91. The Morgan fingerprint density at radius 2 is 1.30 bits per heavy atom. The summed E-state index contributed by atoms with van der Waals surface area (Å²) < 4.78 is 0. The Balaban J connectivity index is 3.20. The minimum absolute atomic E-state index is 0.755. The lowest BCUT2D eigenvalue weighted by Gasteiger charge is -1.83. The lowest BCUT2D eigenvalue weighted by atomic mass is 10.5. The van der Waals surface area contributed by atoms with Crippen LogP contribution in [0, 0.1) is 24.1 Å². The summed E-state index contributed by atoms with van der Waals surface area (Å²) in [5.41, 5.74) is 0. The lowest BCUT2D eigenvalue weighted by molar-refractivity contribution is -0.167. The molecule has 0 saturated heterocycles. The van der Waals surface area contributed by atoms with Gasteiger partial charge in [0, 0.05) is 12.8 Å². The molecule has 0 aliphatic heterocycles. The van der Waals surface area contributed by atoms with E-state index in [1.54, 1.807) is 0 Å². The van der Waals surface area contributed by atoms with Crippen molar-refractivity contribution < 1.29 is 9.78 Å². The zero-order valence-electron chi connectivity index (χ0n) is 6.23. The van der Waals surface area contributed by atoms with Gasteiger partial charge in [0.1, 0.15) is 0 Å². The van der Waals surface area contributed by atoms with E-state index in [0.717, 1.165) is 12.8 Å². The normalized spacial score (nSPS) is 6.20. The summed E-state index contributed by atoms with van der Waals surface area (Å²) in [7, 11) is 0. The van der Waals surface area contributed by atoms with Crippen LogP contribution in [0.25, 0.3) is 0 Å². The monoisotopic (exact) mass is 138 g/mol. The zero-order valence-corrected chi connectivity index (χ0v) is 6.23. The van der Waals surface area contributed by atoms with Crippen LogP contribution in [0.1, 0.15) is 26.7 Å². The molecule has 0 aromatic heterocycles. The second-order valence-corrected chi connectivity index (χ2v) is 1.43. The van der Waals surface area contributed by atoms with Crippen LogP contribution in [-0.2, 0) is 9.78 Å². The van der Waals surface area contributed by atoms with Crippen LogP contribution in [0.3, 0.4) is 0 Å². The molecule has 0 heterocycles. The maximum Gasteiger partial charge on any atom is 0.172 e. The van der Waals surface area contributed by atoms with E-state index >= 15 is 0 Å². The zero-order chi connectivity index (χ0) is 7.66. The first-order valence-electron chi connectivity index (χ1n) is 3.20. The van der Waals surface area contributed by atoms with Crippen LogP contribution < -0.4 is 0 Å². The van der Waals surface area contributed by atoms with E-state index in [1.807, 2.05) is 13.8 Å².